The van der Waals surface area contributed by atoms with Gasteiger partial charge in [0.05, 0.1) is 0 Å². The normalized spacial score (nSPS) is 14.8. The molecule has 0 amide bonds. The molecular weight excluding hydrogens is 208 g/mol. The second kappa shape index (κ2) is 12.4. The number of rotatable bonds is 12. The smallest absolute Gasteiger partial charge is 0.0236 e. The maximum absolute atomic E-state index is 5.60. The first kappa shape index (κ1) is 16.9. The van der Waals surface area contributed by atoms with Gasteiger partial charge in [0.15, 0.2) is 0 Å². The molecule has 3 N–H and O–H groups in total. The second-order valence-corrected chi connectivity index (χ2v) is 5.42. The molecule has 104 valence electrons. The first-order valence-electron chi connectivity index (χ1n) is 7.72. The maximum Gasteiger partial charge on any atom is 0.0236 e. The molecule has 0 aromatic carbocycles. The van der Waals surface area contributed by atoms with E-state index in [1.54, 1.807) is 0 Å². The van der Waals surface area contributed by atoms with Crippen molar-refractivity contribution < 1.29 is 0 Å². The van der Waals surface area contributed by atoms with Crippen molar-refractivity contribution in [2.45, 2.75) is 91.0 Å². The van der Waals surface area contributed by atoms with Gasteiger partial charge in [-0.15, -0.1) is 0 Å². The van der Waals surface area contributed by atoms with Crippen LogP contribution in [0.25, 0.3) is 0 Å². The number of hydrazine groups is 1. The molecule has 17 heavy (non-hydrogen) atoms. The zero-order chi connectivity index (χ0) is 12.9. The summed E-state index contributed by atoms with van der Waals surface area (Å²) in [5.74, 6) is 6.29. The Labute approximate surface area is 109 Å². The summed E-state index contributed by atoms with van der Waals surface area (Å²) in [5.41, 5.74) is 2.97. The predicted octanol–water partition coefficient (Wildman–Crippen LogP) is 4.40. The highest BCUT2D eigenvalue weighted by Crippen LogP contribution is 2.15. The van der Waals surface area contributed by atoms with E-state index in [9.17, 15) is 0 Å². The Hall–Kier alpha value is -0.0800. The third-order valence-electron chi connectivity index (χ3n) is 3.91. The third-order valence-corrected chi connectivity index (χ3v) is 3.91. The largest absolute Gasteiger partial charge is 0.271 e. The Balaban J connectivity index is 3.31. The number of unbranched alkanes of at least 4 members (excludes halogenated alkanes) is 7. The highest BCUT2D eigenvalue weighted by atomic mass is 15.2. The predicted molar refractivity (Wildman–Crippen MR) is 77.8 cm³/mol. The standard InChI is InChI=1S/C15H34N2/c1-4-6-7-8-9-10-11-12-13-15(17-16)14(3)5-2/h14-15,17H,4-13,16H2,1-3H3. The average molecular weight is 242 g/mol. The lowest BCUT2D eigenvalue weighted by Gasteiger charge is -2.21. The van der Waals surface area contributed by atoms with Crippen molar-refractivity contribution >= 4 is 0 Å². The Morgan fingerprint density at radius 2 is 1.41 bits per heavy atom. The second-order valence-electron chi connectivity index (χ2n) is 5.42. The summed E-state index contributed by atoms with van der Waals surface area (Å²) in [6.07, 6.45) is 13.6. The maximum atomic E-state index is 5.60. The lowest BCUT2D eigenvalue weighted by molar-refractivity contribution is 0.341. The summed E-state index contributed by atoms with van der Waals surface area (Å²) in [6, 6.07) is 0.514. The van der Waals surface area contributed by atoms with Gasteiger partial charge in [0.2, 0.25) is 0 Å². The van der Waals surface area contributed by atoms with Gasteiger partial charge in [-0.05, 0) is 12.3 Å². The van der Waals surface area contributed by atoms with Gasteiger partial charge >= 0.3 is 0 Å². The molecule has 0 aliphatic rings. The van der Waals surface area contributed by atoms with Crippen LogP contribution in [-0.2, 0) is 0 Å². The van der Waals surface area contributed by atoms with Crippen molar-refractivity contribution in [2.75, 3.05) is 0 Å². The van der Waals surface area contributed by atoms with Crippen LogP contribution in [0.2, 0.25) is 0 Å². The first-order valence-corrected chi connectivity index (χ1v) is 7.72. The van der Waals surface area contributed by atoms with Gasteiger partial charge in [-0.2, -0.15) is 0 Å². The van der Waals surface area contributed by atoms with Crippen molar-refractivity contribution in [2.24, 2.45) is 11.8 Å². The zero-order valence-corrected chi connectivity index (χ0v) is 12.3. The molecule has 0 radical (unpaired) electrons. The van der Waals surface area contributed by atoms with Gasteiger partial charge in [-0.1, -0.05) is 78.6 Å². The van der Waals surface area contributed by atoms with Crippen LogP contribution in [-0.4, -0.2) is 6.04 Å². The average Bonchev–Trinajstić information content (AvgIpc) is 2.36. The van der Waals surface area contributed by atoms with Crippen LogP contribution in [0.1, 0.15) is 85.0 Å². The Morgan fingerprint density at radius 1 is 0.882 bits per heavy atom. The minimum Gasteiger partial charge on any atom is -0.271 e. The number of hydrogen-bond acceptors (Lipinski definition) is 2. The van der Waals surface area contributed by atoms with Crippen molar-refractivity contribution in [3.8, 4) is 0 Å². The molecule has 0 spiro atoms. The van der Waals surface area contributed by atoms with E-state index in [2.05, 4.69) is 26.2 Å². The summed E-state index contributed by atoms with van der Waals surface area (Å²) in [7, 11) is 0. The van der Waals surface area contributed by atoms with Crippen molar-refractivity contribution in [1.29, 1.82) is 0 Å². The van der Waals surface area contributed by atoms with E-state index < -0.39 is 0 Å². The first-order chi connectivity index (χ1) is 8.26. The van der Waals surface area contributed by atoms with Gasteiger partial charge in [-0.3, -0.25) is 11.3 Å². The topological polar surface area (TPSA) is 38.0 Å². The quantitative estimate of drug-likeness (QED) is 0.302. The van der Waals surface area contributed by atoms with Gasteiger partial charge < -0.3 is 0 Å². The van der Waals surface area contributed by atoms with E-state index in [1.807, 2.05) is 0 Å². The van der Waals surface area contributed by atoms with Crippen molar-refractivity contribution in [3.63, 3.8) is 0 Å². The highest BCUT2D eigenvalue weighted by molar-refractivity contribution is 4.69. The van der Waals surface area contributed by atoms with Crippen LogP contribution in [0, 0.1) is 5.92 Å². The molecule has 0 saturated heterocycles. The van der Waals surface area contributed by atoms with E-state index in [1.165, 1.54) is 64.2 Å². The summed E-state index contributed by atoms with van der Waals surface area (Å²) in [6.45, 7) is 6.80. The van der Waals surface area contributed by atoms with Crippen molar-refractivity contribution in [1.82, 2.24) is 5.43 Å². The van der Waals surface area contributed by atoms with Crippen LogP contribution >= 0.6 is 0 Å². The van der Waals surface area contributed by atoms with Crippen LogP contribution < -0.4 is 11.3 Å². The van der Waals surface area contributed by atoms with Crippen LogP contribution in [0.4, 0.5) is 0 Å². The van der Waals surface area contributed by atoms with Gasteiger partial charge in [0.1, 0.15) is 0 Å². The molecule has 2 unspecified atom stereocenters. The minimum absolute atomic E-state index is 0.514. The molecule has 0 aromatic rings. The zero-order valence-electron chi connectivity index (χ0n) is 12.3. The highest BCUT2D eigenvalue weighted by Gasteiger charge is 2.12. The Kier molecular flexibility index (Phi) is 12.3. The van der Waals surface area contributed by atoms with Crippen LogP contribution in [0.15, 0.2) is 0 Å². The van der Waals surface area contributed by atoms with E-state index in [0.29, 0.717) is 12.0 Å². The molecule has 2 heteroatoms. The molecular formula is C15H34N2. The lowest BCUT2D eigenvalue weighted by Crippen LogP contribution is -2.39. The molecule has 0 aliphatic heterocycles. The molecule has 0 aromatic heterocycles. The van der Waals surface area contributed by atoms with Gasteiger partial charge in [0, 0.05) is 6.04 Å². The molecule has 0 fully saturated rings. The third kappa shape index (κ3) is 9.61. The van der Waals surface area contributed by atoms with E-state index in [0.717, 1.165) is 0 Å². The number of nitrogens with two attached hydrogens (primary N) is 1. The lowest BCUT2D eigenvalue weighted by atomic mass is 9.94. The summed E-state index contributed by atoms with van der Waals surface area (Å²) >= 11 is 0. The molecule has 0 heterocycles. The van der Waals surface area contributed by atoms with Crippen LogP contribution in [0.3, 0.4) is 0 Å². The van der Waals surface area contributed by atoms with Crippen molar-refractivity contribution in [3.05, 3.63) is 0 Å². The van der Waals surface area contributed by atoms with Gasteiger partial charge in [0.25, 0.3) is 0 Å². The van der Waals surface area contributed by atoms with E-state index in [-0.39, 0.29) is 0 Å². The molecule has 0 saturated carbocycles. The summed E-state index contributed by atoms with van der Waals surface area (Å²) < 4.78 is 0. The molecule has 2 atom stereocenters. The fourth-order valence-electron chi connectivity index (χ4n) is 2.31. The number of nitrogens with one attached hydrogen (secondary N) is 1. The SMILES string of the molecule is CCCCCCCCCCC(NN)C(C)CC. The Morgan fingerprint density at radius 3 is 1.88 bits per heavy atom. The number of hydrogen-bond donors (Lipinski definition) is 2. The Bertz CT molecular complexity index is 148. The fourth-order valence-corrected chi connectivity index (χ4v) is 2.31. The molecule has 2 nitrogen and oxygen atoms in total. The van der Waals surface area contributed by atoms with E-state index in [4.69, 9.17) is 5.84 Å². The van der Waals surface area contributed by atoms with Crippen LogP contribution in [0.5, 0.6) is 0 Å². The summed E-state index contributed by atoms with van der Waals surface area (Å²) in [5, 5.41) is 0. The molecule has 0 aliphatic carbocycles. The fraction of sp³-hybridized carbons (Fsp3) is 1.00. The molecule has 0 bridgehead atoms. The summed E-state index contributed by atoms with van der Waals surface area (Å²) in [4.78, 5) is 0. The molecule has 0 rings (SSSR count). The minimum atomic E-state index is 0.514. The van der Waals surface area contributed by atoms with E-state index >= 15 is 0 Å². The van der Waals surface area contributed by atoms with Gasteiger partial charge in [-0.25, -0.2) is 0 Å². The monoisotopic (exact) mass is 242 g/mol.